The summed E-state index contributed by atoms with van der Waals surface area (Å²) in [5.41, 5.74) is 3.39. The summed E-state index contributed by atoms with van der Waals surface area (Å²) in [6.45, 7) is 7.54. The van der Waals surface area contributed by atoms with Crippen LogP contribution in [-0.2, 0) is 6.42 Å². The molecule has 5 heteroatoms. The first kappa shape index (κ1) is 22.5. The van der Waals surface area contributed by atoms with E-state index in [1.54, 1.807) is 6.33 Å². The molecule has 154 valence electrons. The molecule has 0 aliphatic carbocycles. The lowest BCUT2D eigenvalue weighted by atomic mass is 10.0. The van der Waals surface area contributed by atoms with Gasteiger partial charge < -0.3 is 9.64 Å². The van der Waals surface area contributed by atoms with Crippen LogP contribution in [0.15, 0.2) is 24.5 Å². The zero-order valence-corrected chi connectivity index (χ0v) is 18.6. The van der Waals surface area contributed by atoms with Crippen molar-refractivity contribution in [3.05, 3.63) is 46.4 Å². The Morgan fingerprint density at radius 3 is 2.54 bits per heavy atom. The van der Waals surface area contributed by atoms with Gasteiger partial charge in [0, 0.05) is 7.05 Å². The number of hydrogen-bond donors (Lipinski definition) is 0. The van der Waals surface area contributed by atoms with Crippen molar-refractivity contribution in [3.8, 4) is 5.75 Å². The summed E-state index contributed by atoms with van der Waals surface area (Å²) in [4.78, 5) is 10.4. The fourth-order valence-electron chi connectivity index (χ4n) is 3.25. The minimum Gasteiger partial charge on any atom is -0.491 e. The van der Waals surface area contributed by atoms with Gasteiger partial charge in [0.25, 0.3) is 0 Å². The molecule has 0 N–H and O–H groups in total. The third kappa shape index (κ3) is 6.97. The summed E-state index contributed by atoms with van der Waals surface area (Å²) < 4.78 is 6.00. The van der Waals surface area contributed by atoms with E-state index in [1.165, 1.54) is 49.7 Å². The van der Waals surface area contributed by atoms with Gasteiger partial charge in [-0.05, 0) is 43.9 Å². The second kappa shape index (κ2) is 11.9. The van der Waals surface area contributed by atoms with Crippen LogP contribution < -0.4 is 9.64 Å². The first-order valence-corrected chi connectivity index (χ1v) is 10.8. The third-order valence-corrected chi connectivity index (χ3v) is 5.49. The molecule has 28 heavy (non-hydrogen) atoms. The molecule has 0 atom stereocenters. The fraction of sp³-hybridized carbons (Fsp3) is 0.565. The molecule has 0 saturated carbocycles. The molecule has 1 aromatic carbocycles. The van der Waals surface area contributed by atoms with E-state index in [0.29, 0.717) is 18.2 Å². The van der Waals surface area contributed by atoms with Crippen LogP contribution in [0.3, 0.4) is 0 Å². The highest BCUT2D eigenvalue weighted by molar-refractivity contribution is 6.33. The Balaban J connectivity index is 1.77. The van der Waals surface area contributed by atoms with Gasteiger partial charge in [0.1, 0.15) is 23.7 Å². The maximum atomic E-state index is 6.30. The minimum atomic E-state index is 0.577. The minimum absolute atomic E-state index is 0.577. The Hall–Kier alpha value is -1.81. The normalized spacial score (nSPS) is 10.9. The summed E-state index contributed by atoms with van der Waals surface area (Å²) >= 11 is 6.30. The lowest BCUT2D eigenvalue weighted by Gasteiger charge is -2.20. The van der Waals surface area contributed by atoms with E-state index in [9.17, 15) is 0 Å². The van der Waals surface area contributed by atoms with Crippen LogP contribution in [0.4, 0.5) is 5.82 Å². The van der Waals surface area contributed by atoms with Crippen LogP contribution in [0, 0.1) is 13.8 Å². The highest BCUT2D eigenvalue weighted by Crippen LogP contribution is 2.24. The van der Waals surface area contributed by atoms with E-state index in [4.69, 9.17) is 16.3 Å². The fourth-order valence-corrected chi connectivity index (χ4v) is 3.49. The molecule has 0 aliphatic heterocycles. The Kier molecular flexibility index (Phi) is 9.56. The van der Waals surface area contributed by atoms with Gasteiger partial charge in [0.15, 0.2) is 5.82 Å². The second-order valence-electron chi connectivity index (χ2n) is 7.48. The molecular weight excluding hydrogens is 370 g/mol. The Bertz CT molecular complexity index is 736. The number of unbranched alkanes of at least 4 members (excludes halogenated alkanes) is 5. The van der Waals surface area contributed by atoms with Gasteiger partial charge in [-0.3, -0.25) is 0 Å². The number of likely N-dealkylation sites (N-methyl/N-ethyl adjacent to an activating group) is 1. The maximum absolute atomic E-state index is 6.30. The molecule has 0 radical (unpaired) electrons. The molecule has 1 heterocycles. The van der Waals surface area contributed by atoms with Crippen molar-refractivity contribution < 1.29 is 4.74 Å². The van der Waals surface area contributed by atoms with Gasteiger partial charge >= 0.3 is 0 Å². The van der Waals surface area contributed by atoms with Crippen molar-refractivity contribution in [2.75, 3.05) is 25.1 Å². The van der Waals surface area contributed by atoms with Crippen molar-refractivity contribution in [1.29, 1.82) is 0 Å². The molecule has 0 spiro atoms. The first-order valence-electron chi connectivity index (χ1n) is 10.4. The highest BCUT2D eigenvalue weighted by Gasteiger charge is 2.11. The molecule has 0 saturated heterocycles. The number of ether oxygens (including phenoxy) is 1. The smallest absolute Gasteiger partial charge is 0.150 e. The second-order valence-corrected chi connectivity index (χ2v) is 7.86. The zero-order chi connectivity index (χ0) is 20.4. The van der Waals surface area contributed by atoms with Crippen LogP contribution in [0.5, 0.6) is 5.75 Å². The van der Waals surface area contributed by atoms with E-state index in [-0.39, 0.29) is 0 Å². The van der Waals surface area contributed by atoms with Crippen molar-refractivity contribution in [1.82, 2.24) is 9.97 Å². The number of aromatic nitrogens is 2. The lowest BCUT2D eigenvalue weighted by Crippen LogP contribution is -2.25. The molecule has 2 rings (SSSR count). The largest absolute Gasteiger partial charge is 0.491 e. The van der Waals surface area contributed by atoms with Gasteiger partial charge in [-0.1, -0.05) is 62.8 Å². The maximum Gasteiger partial charge on any atom is 0.150 e. The quantitative estimate of drug-likeness (QED) is 0.397. The van der Waals surface area contributed by atoms with Crippen LogP contribution >= 0.6 is 11.6 Å². The summed E-state index contributed by atoms with van der Waals surface area (Å²) in [7, 11) is 1.97. The molecule has 4 nitrogen and oxygen atoms in total. The van der Waals surface area contributed by atoms with Crippen molar-refractivity contribution in [2.45, 2.75) is 65.7 Å². The number of rotatable bonds is 12. The number of benzene rings is 1. The number of anilines is 1. The average molecular weight is 404 g/mol. The Labute approximate surface area is 175 Å². The van der Waals surface area contributed by atoms with E-state index < -0.39 is 0 Å². The van der Waals surface area contributed by atoms with Gasteiger partial charge in [-0.15, -0.1) is 0 Å². The van der Waals surface area contributed by atoms with Crippen LogP contribution in [-0.4, -0.2) is 30.2 Å². The summed E-state index contributed by atoms with van der Waals surface area (Å²) in [5, 5.41) is 0.597. The van der Waals surface area contributed by atoms with Crippen molar-refractivity contribution in [3.63, 3.8) is 0 Å². The molecule has 0 aliphatic rings. The summed E-state index contributed by atoms with van der Waals surface area (Å²) in [6, 6.07) is 6.56. The number of nitrogens with zero attached hydrogens (tertiary/aromatic N) is 3. The summed E-state index contributed by atoms with van der Waals surface area (Å²) in [5.74, 6) is 1.69. The van der Waals surface area contributed by atoms with E-state index in [0.717, 1.165) is 23.7 Å². The van der Waals surface area contributed by atoms with E-state index >= 15 is 0 Å². The van der Waals surface area contributed by atoms with Gasteiger partial charge in [-0.2, -0.15) is 0 Å². The van der Waals surface area contributed by atoms with Crippen molar-refractivity contribution in [2.24, 2.45) is 0 Å². The Morgan fingerprint density at radius 2 is 1.79 bits per heavy atom. The van der Waals surface area contributed by atoms with Gasteiger partial charge in [0.05, 0.1) is 12.2 Å². The number of halogens is 1. The predicted octanol–water partition coefficient (Wildman–Crippen LogP) is 6.17. The highest BCUT2D eigenvalue weighted by atomic mass is 35.5. The number of hydrogen-bond acceptors (Lipinski definition) is 4. The monoisotopic (exact) mass is 403 g/mol. The molecular formula is C23H34ClN3O. The summed E-state index contributed by atoms with van der Waals surface area (Å²) in [6.07, 6.45) is 10.7. The average Bonchev–Trinajstić information content (AvgIpc) is 2.68. The third-order valence-electron chi connectivity index (χ3n) is 5.05. The predicted molar refractivity (Wildman–Crippen MR) is 119 cm³/mol. The Morgan fingerprint density at radius 1 is 1.04 bits per heavy atom. The SMILES string of the molecule is CCCCCCCCc1ccc(OCCN(C)c2ncnc(C)c2Cl)c(C)c1. The lowest BCUT2D eigenvalue weighted by molar-refractivity contribution is 0.323. The molecule has 0 fully saturated rings. The van der Waals surface area contributed by atoms with Crippen LogP contribution in [0.25, 0.3) is 0 Å². The topological polar surface area (TPSA) is 38.2 Å². The molecule has 2 aromatic rings. The zero-order valence-electron chi connectivity index (χ0n) is 17.8. The van der Waals surface area contributed by atoms with Crippen LogP contribution in [0.1, 0.15) is 62.3 Å². The number of aryl methyl sites for hydroxylation is 3. The van der Waals surface area contributed by atoms with E-state index in [1.807, 2.05) is 18.9 Å². The molecule has 0 bridgehead atoms. The van der Waals surface area contributed by atoms with Crippen molar-refractivity contribution >= 4 is 17.4 Å². The van der Waals surface area contributed by atoms with Crippen LogP contribution in [0.2, 0.25) is 5.02 Å². The standard InChI is InChI=1S/C23H34ClN3O/c1-5-6-7-8-9-10-11-20-12-13-21(18(2)16-20)28-15-14-27(4)23-22(24)19(3)25-17-26-23/h12-13,16-17H,5-11,14-15H2,1-4H3. The van der Waals surface area contributed by atoms with Gasteiger partial charge in [0.2, 0.25) is 0 Å². The van der Waals surface area contributed by atoms with E-state index in [2.05, 4.69) is 42.0 Å². The van der Waals surface area contributed by atoms with Gasteiger partial charge in [-0.25, -0.2) is 9.97 Å². The molecule has 0 unspecified atom stereocenters. The molecule has 1 aromatic heterocycles. The molecule has 0 amide bonds. The first-order chi connectivity index (χ1) is 13.5.